The lowest BCUT2D eigenvalue weighted by atomic mass is 10.3. The van der Waals surface area contributed by atoms with Crippen LogP contribution in [-0.4, -0.2) is 68.0 Å². The maximum absolute atomic E-state index is 12.2. The second-order valence-electron chi connectivity index (χ2n) is 4.56. The summed E-state index contributed by atoms with van der Waals surface area (Å²) in [4.78, 5) is 12.9. The van der Waals surface area contributed by atoms with Gasteiger partial charge in [-0.2, -0.15) is 4.31 Å². The van der Waals surface area contributed by atoms with Crippen molar-refractivity contribution in [1.29, 1.82) is 0 Å². The van der Waals surface area contributed by atoms with E-state index < -0.39 is 10.0 Å². The second kappa shape index (κ2) is 4.91. The lowest BCUT2D eigenvalue weighted by Gasteiger charge is -2.34. The standard InChI is InChI=1S/C10H19N3O3S/c1-9(14)12-4-6-13(7-5-12)17(15,16)10-2-3-11-8-10/h10-11H,2-8H2,1H3. The van der Waals surface area contributed by atoms with Crippen LogP contribution in [-0.2, 0) is 14.8 Å². The van der Waals surface area contributed by atoms with Gasteiger partial charge in [-0.15, -0.1) is 0 Å². The highest BCUT2D eigenvalue weighted by molar-refractivity contribution is 7.89. The van der Waals surface area contributed by atoms with Crippen molar-refractivity contribution < 1.29 is 13.2 Å². The molecule has 2 fully saturated rings. The van der Waals surface area contributed by atoms with Gasteiger partial charge in [0, 0.05) is 39.6 Å². The molecule has 1 N–H and O–H groups in total. The molecule has 17 heavy (non-hydrogen) atoms. The number of hydrogen-bond acceptors (Lipinski definition) is 4. The first-order valence-corrected chi connectivity index (χ1v) is 7.47. The summed E-state index contributed by atoms with van der Waals surface area (Å²) in [5.41, 5.74) is 0. The van der Waals surface area contributed by atoms with Crippen molar-refractivity contribution in [2.75, 3.05) is 39.3 Å². The van der Waals surface area contributed by atoms with E-state index >= 15 is 0 Å². The highest BCUT2D eigenvalue weighted by atomic mass is 32.2. The largest absolute Gasteiger partial charge is 0.340 e. The zero-order chi connectivity index (χ0) is 12.5. The predicted octanol–water partition coefficient (Wildman–Crippen LogP) is -1.16. The van der Waals surface area contributed by atoms with Gasteiger partial charge >= 0.3 is 0 Å². The Bertz CT molecular complexity index is 382. The Balaban J connectivity index is 1.98. The predicted molar refractivity (Wildman–Crippen MR) is 64.0 cm³/mol. The van der Waals surface area contributed by atoms with Gasteiger partial charge in [-0.05, 0) is 13.0 Å². The topological polar surface area (TPSA) is 69.7 Å². The maximum atomic E-state index is 12.2. The number of rotatable bonds is 2. The molecule has 0 aromatic carbocycles. The maximum Gasteiger partial charge on any atom is 0.219 e. The quantitative estimate of drug-likeness (QED) is 0.681. The van der Waals surface area contributed by atoms with Gasteiger partial charge in [0.25, 0.3) is 0 Å². The number of piperazine rings is 1. The molecule has 98 valence electrons. The molecule has 2 saturated heterocycles. The molecule has 7 heteroatoms. The van der Waals surface area contributed by atoms with Gasteiger partial charge in [-0.1, -0.05) is 0 Å². The molecule has 0 aromatic heterocycles. The molecule has 2 aliphatic rings. The lowest BCUT2D eigenvalue weighted by Crippen LogP contribution is -2.52. The number of sulfonamides is 1. The van der Waals surface area contributed by atoms with Crippen molar-refractivity contribution in [3.05, 3.63) is 0 Å². The van der Waals surface area contributed by atoms with Crippen molar-refractivity contribution in [2.24, 2.45) is 0 Å². The molecule has 0 spiro atoms. The van der Waals surface area contributed by atoms with E-state index in [1.54, 1.807) is 4.90 Å². The summed E-state index contributed by atoms with van der Waals surface area (Å²) in [6.07, 6.45) is 0.690. The van der Waals surface area contributed by atoms with Gasteiger partial charge in [-0.25, -0.2) is 8.42 Å². The number of nitrogens with one attached hydrogen (secondary N) is 1. The van der Waals surface area contributed by atoms with Crippen LogP contribution in [0.15, 0.2) is 0 Å². The Morgan fingerprint density at radius 3 is 2.35 bits per heavy atom. The minimum absolute atomic E-state index is 0.0181. The van der Waals surface area contributed by atoms with Gasteiger partial charge in [-0.3, -0.25) is 4.79 Å². The third-order valence-electron chi connectivity index (χ3n) is 3.48. The normalized spacial score (nSPS) is 27.4. The Morgan fingerprint density at radius 2 is 1.88 bits per heavy atom. The average Bonchev–Trinajstić information content (AvgIpc) is 2.83. The van der Waals surface area contributed by atoms with Crippen LogP contribution < -0.4 is 5.32 Å². The van der Waals surface area contributed by atoms with Gasteiger partial charge in [0.2, 0.25) is 15.9 Å². The summed E-state index contributed by atoms with van der Waals surface area (Å²) in [6, 6.07) is 0. The van der Waals surface area contributed by atoms with E-state index in [1.807, 2.05) is 0 Å². The van der Waals surface area contributed by atoms with Crippen LogP contribution in [0, 0.1) is 0 Å². The highest BCUT2D eigenvalue weighted by Crippen LogP contribution is 2.17. The lowest BCUT2D eigenvalue weighted by molar-refractivity contribution is -0.129. The fourth-order valence-electron chi connectivity index (χ4n) is 2.35. The van der Waals surface area contributed by atoms with E-state index in [-0.39, 0.29) is 11.2 Å². The third-order valence-corrected chi connectivity index (χ3v) is 5.81. The molecular formula is C10H19N3O3S. The van der Waals surface area contributed by atoms with Crippen LogP contribution in [0.25, 0.3) is 0 Å². The van der Waals surface area contributed by atoms with Crippen molar-refractivity contribution in [3.8, 4) is 0 Å². The minimum atomic E-state index is -3.18. The third kappa shape index (κ3) is 2.61. The zero-order valence-corrected chi connectivity index (χ0v) is 10.9. The van der Waals surface area contributed by atoms with E-state index in [4.69, 9.17) is 0 Å². The molecule has 1 atom stereocenters. The van der Waals surface area contributed by atoms with Gasteiger partial charge in [0.15, 0.2) is 0 Å². The molecule has 2 aliphatic heterocycles. The first-order chi connectivity index (χ1) is 8.01. The Kier molecular flexibility index (Phi) is 3.70. The van der Waals surface area contributed by atoms with E-state index in [0.717, 1.165) is 6.54 Å². The smallest absolute Gasteiger partial charge is 0.219 e. The molecule has 0 bridgehead atoms. The molecule has 0 aliphatic carbocycles. The van der Waals surface area contributed by atoms with Gasteiger partial charge in [0.1, 0.15) is 0 Å². The van der Waals surface area contributed by atoms with Gasteiger partial charge in [0.05, 0.1) is 5.25 Å². The van der Waals surface area contributed by atoms with Crippen molar-refractivity contribution in [3.63, 3.8) is 0 Å². The van der Waals surface area contributed by atoms with E-state index in [1.165, 1.54) is 11.2 Å². The van der Waals surface area contributed by atoms with Crippen LogP contribution in [0.3, 0.4) is 0 Å². The second-order valence-corrected chi connectivity index (χ2v) is 6.78. The summed E-state index contributed by atoms with van der Waals surface area (Å²) >= 11 is 0. The van der Waals surface area contributed by atoms with E-state index in [9.17, 15) is 13.2 Å². The number of carbonyl (C=O) groups excluding carboxylic acids is 1. The number of nitrogens with zero attached hydrogens (tertiary/aromatic N) is 2. The fourth-order valence-corrected chi connectivity index (χ4v) is 4.19. The summed E-state index contributed by atoms with van der Waals surface area (Å²) in [6.45, 7) is 4.72. The molecule has 6 nitrogen and oxygen atoms in total. The Labute approximate surface area is 102 Å². The highest BCUT2D eigenvalue weighted by Gasteiger charge is 2.35. The van der Waals surface area contributed by atoms with Crippen LogP contribution in [0.1, 0.15) is 13.3 Å². The molecule has 0 radical (unpaired) electrons. The first-order valence-electron chi connectivity index (χ1n) is 5.97. The molecule has 2 rings (SSSR count). The van der Waals surface area contributed by atoms with Crippen LogP contribution in [0.2, 0.25) is 0 Å². The fraction of sp³-hybridized carbons (Fsp3) is 0.900. The zero-order valence-electron chi connectivity index (χ0n) is 10.1. The summed E-state index contributed by atoms with van der Waals surface area (Å²) in [5, 5.41) is 2.79. The summed E-state index contributed by atoms with van der Waals surface area (Å²) in [5.74, 6) is 0.0181. The van der Waals surface area contributed by atoms with Crippen molar-refractivity contribution in [2.45, 2.75) is 18.6 Å². The number of hydrogen-bond donors (Lipinski definition) is 1. The molecule has 0 saturated carbocycles. The monoisotopic (exact) mass is 261 g/mol. The molecule has 1 amide bonds. The van der Waals surface area contributed by atoms with Crippen LogP contribution in [0.5, 0.6) is 0 Å². The molecule has 2 heterocycles. The number of carbonyl (C=O) groups is 1. The van der Waals surface area contributed by atoms with E-state index in [2.05, 4.69) is 5.32 Å². The van der Waals surface area contributed by atoms with Crippen LogP contribution in [0.4, 0.5) is 0 Å². The Morgan fingerprint density at radius 1 is 1.24 bits per heavy atom. The molecular weight excluding hydrogens is 242 g/mol. The first kappa shape index (κ1) is 12.8. The van der Waals surface area contributed by atoms with Gasteiger partial charge < -0.3 is 10.2 Å². The minimum Gasteiger partial charge on any atom is -0.340 e. The SMILES string of the molecule is CC(=O)N1CCN(S(=O)(=O)C2CCNC2)CC1. The summed E-state index contributed by atoms with van der Waals surface area (Å²) < 4.78 is 26.0. The number of amides is 1. The molecule has 0 aromatic rings. The van der Waals surface area contributed by atoms with Crippen LogP contribution >= 0.6 is 0 Å². The summed E-state index contributed by atoms with van der Waals surface area (Å²) in [7, 11) is -3.18. The Hall–Kier alpha value is -0.660. The average molecular weight is 261 g/mol. The van der Waals surface area contributed by atoms with Crippen molar-refractivity contribution >= 4 is 15.9 Å². The van der Waals surface area contributed by atoms with E-state index in [0.29, 0.717) is 39.1 Å². The molecule has 1 unspecified atom stereocenters. The van der Waals surface area contributed by atoms with Crippen molar-refractivity contribution in [1.82, 2.24) is 14.5 Å².